The van der Waals surface area contributed by atoms with Crippen LogP contribution in [0.3, 0.4) is 0 Å². The molecule has 1 aliphatic carbocycles. The molecular formula is C13H24ClN3O2. The third-order valence-corrected chi connectivity index (χ3v) is 4.18. The van der Waals surface area contributed by atoms with Crippen molar-refractivity contribution in [3.63, 3.8) is 0 Å². The van der Waals surface area contributed by atoms with Gasteiger partial charge in [0.1, 0.15) is 0 Å². The van der Waals surface area contributed by atoms with Gasteiger partial charge in [-0.25, -0.2) is 0 Å². The third-order valence-electron chi connectivity index (χ3n) is 4.18. The van der Waals surface area contributed by atoms with Crippen molar-refractivity contribution < 1.29 is 9.59 Å². The zero-order chi connectivity index (χ0) is 13.0. The summed E-state index contributed by atoms with van der Waals surface area (Å²) in [7, 11) is 0. The van der Waals surface area contributed by atoms with Crippen molar-refractivity contribution in [2.75, 3.05) is 13.1 Å². The minimum atomic E-state index is -0.0666. The first kappa shape index (κ1) is 16.2. The molecular weight excluding hydrogens is 266 g/mol. The zero-order valence-corrected chi connectivity index (χ0v) is 12.0. The summed E-state index contributed by atoms with van der Waals surface area (Å²) in [5.41, 5.74) is 5.76. The second-order valence-electron chi connectivity index (χ2n) is 5.43. The van der Waals surface area contributed by atoms with E-state index in [1.165, 1.54) is 12.8 Å². The summed E-state index contributed by atoms with van der Waals surface area (Å²) in [5, 5.41) is 5.89. The molecule has 6 heteroatoms. The zero-order valence-electron chi connectivity index (χ0n) is 11.2. The van der Waals surface area contributed by atoms with Crippen LogP contribution in [0.5, 0.6) is 0 Å². The van der Waals surface area contributed by atoms with E-state index < -0.39 is 0 Å². The molecule has 0 spiro atoms. The number of amides is 2. The number of piperidine rings is 1. The predicted octanol–water partition coefficient (Wildman–Crippen LogP) is 0.568. The minimum absolute atomic E-state index is 0. The lowest BCUT2D eigenvalue weighted by Gasteiger charge is -2.33. The highest BCUT2D eigenvalue weighted by atomic mass is 35.5. The lowest BCUT2D eigenvalue weighted by Crippen LogP contribution is -2.50. The summed E-state index contributed by atoms with van der Waals surface area (Å²) in [6.07, 6.45) is 5.66. The Balaban J connectivity index is 0.00000180. The summed E-state index contributed by atoms with van der Waals surface area (Å²) >= 11 is 0. The average Bonchev–Trinajstić information content (AvgIpc) is 2.40. The van der Waals surface area contributed by atoms with Crippen molar-refractivity contribution in [1.29, 1.82) is 0 Å². The molecule has 0 aromatic carbocycles. The first-order valence-corrected chi connectivity index (χ1v) is 6.98. The smallest absolute Gasteiger partial charge is 0.225 e. The number of nitrogens with two attached hydrogens (primary N) is 1. The average molecular weight is 290 g/mol. The Morgan fingerprint density at radius 3 is 2.68 bits per heavy atom. The molecule has 1 heterocycles. The molecule has 1 aliphatic heterocycles. The Labute approximate surface area is 120 Å². The molecule has 1 saturated carbocycles. The Hall–Kier alpha value is -0.810. The second-order valence-corrected chi connectivity index (χ2v) is 5.43. The lowest BCUT2D eigenvalue weighted by atomic mass is 9.84. The van der Waals surface area contributed by atoms with Gasteiger partial charge in [0, 0.05) is 19.0 Å². The van der Waals surface area contributed by atoms with E-state index in [1.54, 1.807) is 0 Å². The molecule has 110 valence electrons. The fourth-order valence-corrected chi connectivity index (χ4v) is 2.94. The largest absolute Gasteiger partial charge is 0.355 e. The minimum Gasteiger partial charge on any atom is -0.355 e. The predicted molar refractivity (Wildman–Crippen MR) is 75.9 cm³/mol. The standard InChI is InChI=1S/C13H23N3O2.ClH/c14-7-9-3-1-2-4-11(9)16-13(18)10-5-6-12(17)15-8-10;/h9-11H,1-8,14H2,(H,15,17)(H,16,18);1H. The number of nitrogens with one attached hydrogen (secondary N) is 2. The quantitative estimate of drug-likeness (QED) is 0.710. The second kappa shape index (κ2) is 7.70. The summed E-state index contributed by atoms with van der Waals surface area (Å²) < 4.78 is 0. The number of carbonyl (C=O) groups excluding carboxylic acids is 2. The van der Waals surface area contributed by atoms with Gasteiger partial charge in [-0.05, 0) is 31.7 Å². The fraction of sp³-hybridized carbons (Fsp3) is 0.846. The van der Waals surface area contributed by atoms with Gasteiger partial charge in [-0.2, -0.15) is 0 Å². The van der Waals surface area contributed by atoms with E-state index in [1.807, 2.05) is 0 Å². The summed E-state index contributed by atoms with van der Waals surface area (Å²) in [4.78, 5) is 23.2. The van der Waals surface area contributed by atoms with Crippen LogP contribution in [0.4, 0.5) is 0 Å². The van der Waals surface area contributed by atoms with Crippen LogP contribution < -0.4 is 16.4 Å². The maximum absolute atomic E-state index is 12.1. The number of hydrogen-bond acceptors (Lipinski definition) is 3. The van der Waals surface area contributed by atoms with Crippen molar-refractivity contribution in [1.82, 2.24) is 10.6 Å². The Morgan fingerprint density at radius 1 is 1.32 bits per heavy atom. The highest BCUT2D eigenvalue weighted by Gasteiger charge is 2.29. The Kier molecular flexibility index (Phi) is 6.58. The summed E-state index contributed by atoms with van der Waals surface area (Å²) in [6.45, 7) is 1.12. The normalized spacial score (nSPS) is 31.0. The van der Waals surface area contributed by atoms with Gasteiger partial charge in [-0.3, -0.25) is 9.59 Å². The van der Waals surface area contributed by atoms with Gasteiger partial charge in [0.25, 0.3) is 0 Å². The molecule has 5 nitrogen and oxygen atoms in total. The lowest BCUT2D eigenvalue weighted by molar-refractivity contribution is -0.129. The molecule has 0 radical (unpaired) electrons. The molecule has 19 heavy (non-hydrogen) atoms. The van der Waals surface area contributed by atoms with E-state index in [2.05, 4.69) is 10.6 Å². The molecule has 2 fully saturated rings. The maximum Gasteiger partial charge on any atom is 0.225 e. The molecule has 3 unspecified atom stereocenters. The molecule has 0 aromatic heterocycles. The SMILES string of the molecule is Cl.NCC1CCCCC1NC(=O)C1CCC(=O)NC1. The van der Waals surface area contributed by atoms with E-state index >= 15 is 0 Å². The highest BCUT2D eigenvalue weighted by Crippen LogP contribution is 2.24. The van der Waals surface area contributed by atoms with Crippen molar-refractivity contribution in [3.8, 4) is 0 Å². The van der Waals surface area contributed by atoms with Crippen LogP contribution in [0.1, 0.15) is 38.5 Å². The van der Waals surface area contributed by atoms with E-state index in [-0.39, 0.29) is 36.2 Å². The summed E-state index contributed by atoms with van der Waals surface area (Å²) in [5.74, 6) is 0.487. The Morgan fingerprint density at radius 2 is 2.05 bits per heavy atom. The highest BCUT2D eigenvalue weighted by molar-refractivity contribution is 5.85. The topological polar surface area (TPSA) is 84.2 Å². The first-order valence-electron chi connectivity index (χ1n) is 6.98. The number of halogens is 1. The van der Waals surface area contributed by atoms with Crippen LogP contribution in [0.15, 0.2) is 0 Å². The fourth-order valence-electron chi connectivity index (χ4n) is 2.94. The Bertz CT molecular complexity index is 315. The maximum atomic E-state index is 12.1. The van der Waals surface area contributed by atoms with E-state index in [4.69, 9.17) is 5.73 Å². The van der Waals surface area contributed by atoms with Gasteiger partial charge in [-0.1, -0.05) is 12.8 Å². The van der Waals surface area contributed by atoms with Gasteiger partial charge in [0.2, 0.25) is 11.8 Å². The molecule has 3 atom stereocenters. The van der Waals surface area contributed by atoms with E-state index in [9.17, 15) is 9.59 Å². The molecule has 1 saturated heterocycles. The van der Waals surface area contributed by atoms with Crippen LogP contribution >= 0.6 is 12.4 Å². The van der Waals surface area contributed by atoms with Crippen LogP contribution in [0.25, 0.3) is 0 Å². The molecule has 2 aliphatic rings. The molecule has 2 rings (SSSR count). The van der Waals surface area contributed by atoms with E-state index in [0.29, 0.717) is 31.8 Å². The van der Waals surface area contributed by atoms with Crippen molar-refractivity contribution in [3.05, 3.63) is 0 Å². The molecule has 0 aromatic rings. The van der Waals surface area contributed by atoms with Gasteiger partial charge in [0.05, 0.1) is 5.92 Å². The van der Waals surface area contributed by atoms with E-state index in [0.717, 1.165) is 12.8 Å². The van der Waals surface area contributed by atoms with Gasteiger partial charge in [0.15, 0.2) is 0 Å². The van der Waals surface area contributed by atoms with Crippen molar-refractivity contribution in [2.24, 2.45) is 17.6 Å². The van der Waals surface area contributed by atoms with Crippen LogP contribution in [-0.2, 0) is 9.59 Å². The van der Waals surface area contributed by atoms with Crippen molar-refractivity contribution >= 4 is 24.2 Å². The number of rotatable bonds is 3. The van der Waals surface area contributed by atoms with Crippen LogP contribution in [-0.4, -0.2) is 30.9 Å². The van der Waals surface area contributed by atoms with Gasteiger partial charge < -0.3 is 16.4 Å². The van der Waals surface area contributed by atoms with Crippen molar-refractivity contribution in [2.45, 2.75) is 44.6 Å². The number of carbonyl (C=O) groups is 2. The molecule has 0 bridgehead atoms. The first-order chi connectivity index (χ1) is 8.70. The number of hydrogen-bond donors (Lipinski definition) is 3. The van der Waals surface area contributed by atoms with Gasteiger partial charge in [-0.15, -0.1) is 12.4 Å². The monoisotopic (exact) mass is 289 g/mol. The van der Waals surface area contributed by atoms with Crippen LogP contribution in [0, 0.1) is 11.8 Å². The third kappa shape index (κ3) is 4.35. The molecule has 4 N–H and O–H groups in total. The van der Waals surface area contributed by atoms with Gasteiger partial charge >= 0.3 is 0 Å². The van der Waals surface area contributed by atoms with Crippen LogP contribution in [0.2, 0.25) is 0 Å². The summed E-state index contributed by atoms with van der Waals surface area (Å²) in [6, 6.07) is 0.230. The molecule has 2 amide bonds.